The van der Waals surface area contributed by atoms with Crippen molar-refractivity contribution in [1.82, 2.24) is 15.0 Å². The Bertz CT molecular complexity index is 1040. The highest BCUT2D eigenvalue weighted by molar-refractivity contribution is 6.08. The lowest BCUT2D eigenvalue weighted by molar-refractivity contribution is 0.0860. The first-order valence-corrected chi connectivity index (χ1v) is 9.88. The van der Waals surface area contributed by atoms with Crippen molar-refractivity contribution >= 4 is 22.6 Å². The highest BCUT2D eigenvalue weighted by atomic mass is 16.1. The number of aromatic nitrogens is 3. The summed E-state index contributed by atoms with van der Waals surface area (Å²) in [7, 11) is 0. The molecule has 28 heavy (non-hydrogen) atoms. The van der Waals surface area contributed by atoms with E-state index in [2.05, 4.69) is 53.0 Å². The van der Waals surface area contributed by atoms with Gasteiger partial charge in [-0.2, -0.15) is 0 Å². The summed E-state index contributed by atoms with van der Waals surface area (Å²) < 4.78 is 0. The SMILES string of the molecule is CC1(C)CCN(c2cccc(-c3cnc4[nH]cc(C(=O)C(C)(C)C)c4n3)c2)C1. The Kier molecular flexibility index (Phi) is 4.29. The van der Waals surface area contributed by atoms with E-state index in [1.54, 1.807) is 12.4 Å². The standard InChI is InChI=1S/C23H28N4O/c1-22(2,3)20(28)17-12-24-21-19(17)26-18(13-25-21)15-7-6-8-16(11-15)27-10-9-23(4,5)14-27/h6-8,11-13H,9-10,14H2,1-5H3,(H,24,25). The largest absolute Gasteiger partial charge is 0.371 e. The number of nitrogens with one attached hydrogen (secondary N) is 1. The van der Waals surface area contributed by atoms with E-state index in [1.807, 2.05) is 20.8 Å². The van der Waals surface area contributed by atoms with Crippen molar-refractivity contribution in [2.45, 2.75) is 41.0 Å². The van der Waals surface area contributed by atoms with Crippen molar-refractivity contribution in [1.29, 1.82) is 0 Å². The first-order valence-electron chi connectivity index (χ1n) is 9.88. The monoisotopic (exact) mass is 376 g/mol. The summed E-state index contributed by atoms with van der Waals surface area (Å²) in [6.07, 6.45) is 4.70. The lowest BCUT2D eigenvalue weighted by atomic mass is 9.87. The Hall–Kier alpha value is -2.69. The Morgan fingerprint density at radius 2 is 2.04 bits per heavy atom. The van der Waals surface area contributed by atoms with E-state index < -0.39 is 5.41 Å². The molecular formula is C23H28N4O. The van der Waals surface area contributed by atoms with Gasteiger partial charge in [0.1, 0.15) is 5.52 Å². The minimum atomic E-state index is -0.463. The fourth-order valence-electron chi connectivity index (χ4n) is 3.80. The van der Waals surface area contributed by atoms with Crippen molar-refractivity contribution in [3.63, 3.8) is 0 Å². The molecule has 1 fully saturated rings. The maximum absolute atomic E-state index is 12.8. The van der Waals surface area contributed by atoms with E-state index >= 15 is 0 Å². The lowest BCUT2D eigenvalue weighted by Crippen LogP contribution is -2.22. The number of nitrogens with zero attached hydrogens (tertiary/aromatic N) is 3. The summed E-state index contributed by atoms with van der Waals surface area (Å²) in [6.45, 7) is 12.5. The molecule has 0 bridgehead atoms. The number of hydrogen-bond donors (Lipinski definition) is 1. The first-order chi connectivity index (χ1) is 13.1. The Labute approximate surface area is 166 Å². The van der Waals surface area contributed by atoms with E-state index in [1.165, 1.54) is 12.1 Å². The quantitative estimate of drug-likeness (QED) is 0.647. The van der Waals surface area contributed by atoms with Crippen LogP contribution in [0.15, 0.2) is 36.7 Å². The van der Waals surface area contributed by atoms with Crippen molar-refractivity contribution < 1.29 is 4.79 Å². The minimum Gasteiger partial charge on any atom is -0.371 e. The van der Waals surface area contributed by atoms with Crippen LogP contribution in [0.2, 0.25) is 0 Å². The van der Waals surface area contributed by atoms with Gasteiger partial charge >= 0.3 is 0 Å². The molecule has 4 rings (SSSR count). The number of hydrogen-bond acceptors (Lipinski definition) is 4. The van der Waals surface area contributed by atoms with Gasteiger partial charge in [-0.25, -0.2) is 9.97 Å². The van der Waals surface area contributed by atoms with Gasteiger partial charge in [-0.1, -0.05) is 46.8 Å². The molecule has 3 heterocycles. The van der Waals surface area contributed by atoms with Crippen LogP contribution in [-0.4, -0.2) is 33.8 Å². The van der Waals surface area contributed by atoms with Crippen LogP contribution in [0.1, 0.15) is 51.4 Å². The summed E-state index contributed by atoms with van der Waals surface area (Å²) in [4.78, 5) is 27.6. The second-order valence-corrected chi connectivity index (χ2v) is 9.62. The number of fused-ring (bicyclic) bond motifs is 1. The summed E-state index contributed by atoms with van der Waals surface area (Å²) in [5.41, 5.74) is 4.80. The van der Waals surface area contributed by atoms with Crippen molar-refractivity contribution in [2.75, 3.05) is 18.0 Å². The maximum atomic E-state index is 12.8. The van der Waals surface area contributed by atoms with E-state index in [4.69, 9.17) is 4.98 Å². The normalized spacial score (nSPS) is 16.7. The molecule has 5 nitrogen and oxygen atoms in total. The molecule has 0 atom stereocenters. The molecule has 0 unspecified atom stereocenters. The fourth-order valence-corrected chi connectivity index (χ4v) is 3.80. The third-order valence-electron chi connectivity index (χ3n) is 5.49. The molecule has 1 aliphatic rings. The lowest BCUT2D eigenvalue weighted by Gasteiger charge is -2.22. The van der Waals surface area contributed by atoms with Gasteiger partial charge in [0.2, 0.25) is 0 Å². The van der Waals surface area contributed by atoms with Crippen molar-refractivity contribution in [3.8, 4) is 11.3 Å². The second kappa shape index (κ2) is 6.43. The second-order valence-electron chi connectivity index (χ2n) is 9.62. The molecule has 0 radical (unpaired) electrons. The topological polar surface area (TPSA) is 61.9 Å². The number of aromatic amines is 1. The zero-order valence-electron chi connectivity index (χ0n) is 17.3. The van der Waals surface area contributed by atoms with Crippen LogP contribution in [0, 0.1) is 10.8 Å². The van der Waals surface area contributed by atoms with Gasteiger partial charge in [-0.05, 0) is 24.0 Å². The van der Waals surface area contributed by atoms with Crippen molar-refractivity contribution in [2.24, 2.45) is 10.8 Å². The Balaban J connectivity index is 1.72. The van der Waals surface area contributed by atoms with Gasteiger partial charge in [-0.15, -0.1) is 0 Å². The van der Waals surface area contributed by atoms with Gasteiger partial charge in [0.15, 0.2) is 11.4 Å². The van der Waals surface area contributed by atoms with Gasteiger partial charge in [0.05, 0.1) is 17.5 Å². The Morgan fingerprint density at radius 1 is 1.25 bits per heavy atom. The molecule has 146 valence electrons. The van der Waals surface area contributed by atoms with Crippen LogP contribution >= 0.6 is 0 Å². The van der Waals surface area contributed by atoms with Crippen LogP contribution in [-0.2, 0) is 0 Å². The minimum absolute atomic E-state index is 0.0678. The zero-order chi connectivity index (χ0) is 20.1. The number of rotatable bonds is 3. The number of carbonyl (C=O) groups excluding carboxylic acids is 1. The van der Waals surface area contributed by atoms with Crippen LogP contribution in [0.25, 0.3) is 22.4 Å². The van der Waals surface area contributed by atoms with Crippen LogP contribution in [0.4, 0.5) is 5.69 Å². The number of H-pyrrole nitrogens is 1. The highest BCUT2D eigenvalue weighted by Gasteiger charge is 2.29. The zero-order valence-corrected chi connectivity index (χ0v) is 17.3. The molecular weight excluding hydrogens is 348 g/mol. The molecule has 0 amide bonds. The third-order valence-corrected chi connectivity index (χ3v) is 5.49. The number of ketones is 1. The number of Topliss-reactive ketones (excluding diaryl/α,β-unsaturated/α-hetero) is 1. The predicted molar refractivity (Wildman–Crippen MR) is 114 cm³/mol. The molecule has 3 aromatic rings. The molecule has 2 aromatic heterocycles. The smallest absolute Gasteiger partial charge is 0.171 e. The summed E-state index contributed by atoms with van der Waals surface area (Å²) in [5, 5.41) is 0. The van der Waals surface area contributed by atoms with Gasteiger partial charge < -0.3 is 9.88 Å². The molecule has 5 heteroatoms. The summed E-state index contributed by atoms with van der Waals surface area (Å²) in [5.74, 6) is 0.0678. The molecule has 0 spiro atoms. The molecule has 0 saturated carbocycles. The van der Waals surface area contributed by atoms with Crippen LogP contribution in [0.5, 0.6) is 0 Å². The molecule has 1 saturated heterocycles. The third kappa shape index (κ3) is 3.41. The number of benzene rings is 1. The summed E-state index contributed by atoms with van der Waals surface area (Å²) in [6, 6.07) is 8.45. The highest BCUT2D eigenvalue weighted by Crippen LogP contribution is 2.34. The number of anilines is 1. The summed E-state index contributed by atoms with van der Waals surface area (Å²) >= 11 is 0. The predicted octanol–water partition coefficient (Wildman–Crippen LogP) is 5.09. The van der Waals surface area contributed by atoms with E-state index in [9.17, 15) is 4.79 Å². The van der Waals surface area contributed by atoms with E-state index in [0.29, 0.717) is 22.1 Å². The van der Waals surface area contributed by atoms with E-state index in [0.717, 1.165) is 24.3 Å². The molecule has 1 N–H and O–H groups in total. The molecule has 1 aliphatic heterocycles. The van der Waals surface area contributed by atoms with Crippen molar-refractivity contribution in [3.05, 3.63) is 42.2 Å². The average molecular weight is 377 g/mol. The van der Waals surface area contributed by atoms with E-state index in [-0.39, 0.29) is 5.78 Å². The van der Waals surface area contributed by atoms with Crippen LogP contribution in [0.3, 0.4) is 0 Å². The molecule has 0 aliphatic carbocycles. The Morgan fingerprint density at radius 3 is 2.71 bits per heavy atom. The van der Waals surface area contributed by atoms with Crippen LogP contribution < -0.4 is 4.90 Å². The number of carbonyl (C=O) groups is 1. The van der Waals surface area contributed by atoms with Gasteiger partial charge in [0.25, 0.3) is 0 Å². The maximum Gasteiger partial charge on any atom is 0.171 e. The fraction of sp³-hybridized carbons (Fsp3) is 0.435. The molecule has 1 aromatic carbocycles. The van der Waals surface area contributed by atoms with Gasteiger partial charge in [0, 0.05) is 36.0 Å². The first kappa shape index (κ1) is 18.7. The van der Waals surface area contributed by atoms with Gasteiger partial charge in [-0.3, -0.25) is 4.79 Å². The average Bonchev–Trinajstić information content (AvgIpc) is 3.22.